The smallest absolute Gasteiger partial charge is 0.164 e. The van der Waals surface area contributed by atoms with E-state index >= 15 is 0 Å². The standard InChI is InChI=1S/C57H36N4/c58-37-38-26-33-51-50(34-38)53-49(24-13-25-52(53)57(51,47-20-6-2-7-21-47)48-22-8-3-9-23-48)45-19-12-18-44(35-45)40-27-30-42(31-28-40)55-59-54(41-15-4-1-5-16-41)60-56(61-55)46-32-29-39-14-10-11-17-43(39)36-46/h1-36H. The van der Waals surface area contributed by atoms with Crippen LogP contribution in [0.4, 0.5) is 0 Å². The second kappa shape index (κ2) is 14.8. The van der Waals surface area contributed by atoms with E-state index in [1.807, 2.05) is 36.4 Å². The van der Waals surface area contributed by atoms with Gasteiger partial charge in [0.25, 0.3) is 0 Å². The molecule has 0 spiro atoms. The number of hydrogen-bond donors (Lipinski definition) is 0. The molecule has 0 radical (unpaired) electrons. The average molecular weight is 777 g/mol. The Morgan fingerprint density at radius 3 is 1.57 bits per heavy atom. The van der Waals surface area contributed by atoms with Crippen LogP contribution in [-0.2, 0) is 5.41 Å². The van der Waals surface area contributed by atoms with Gasteiger partial charge in [0.1, 0.15) is 0 Å². The molecule has 61 heavy (non-hydrogen) atoms. The van der Waals surface area contributed by atoms with Crippen LogP contribution in [0.15, 0.2) is 218 Å². The molecular weight excluding hydrogens is 741 g/mol. The SMILES string of the molecule is N#Cc1ccc2c(c1)-c1c(-c3cccc(-c4ccc(-c5nc(-c6ccccc6)nc(-c6ccc7ccccc7c6)n5)cc4)c3)cccc1C2(c1ccccc1)c1ccccc1. The summed E-state index contributed by atoms with van der Waals surface area (Å²) in [6, 6.07) is 78.8. The second-order valence-electron chi connectivity index (χ2n) is 15.5. The molecule has 0 bridgehead atoms. The van der Waals surface area contributed by atoms with E-state index in [9.17, 15) is 5.26 Å². The molecule has 0 saturated heterocycles. The number of fused-ring (bicyclic) bond motifs is 4. The van der Waals surface area contributed by atoms with Crippen LogP contribution in [0.2, 0.25) is 0 Å². The van der Waals surface area contributed by atoms with Crippen LogP contribution in [0.3, 0.4) is 0 Å². The van der Waals surface area contributed by atoms with E-state index in [4.69, 9.17) is 15.0 Å². The molecule has 1 aliphatic carbocycles. The Morgan fingerprint density at radius 1 is 0.344 bits per heavy atom. The molecule has 10 aromatic rings. The first kappa shape index (κ1) is 35.9. The van der Waals surface area contributed by atoms with Crippen LogP contribution in [-0.4, -0.2) is 15.0 Å². The Hall–Kier alpha value is -8.26. The predicted octanol–water partition coefficient (Wildman–Crippen LogP) is 13.6. The van der Waals surface area contributed by atoms with Gasteiger partial charge in [-0.25, -0.2) is 15.0 Å². The first-order valence-electron chi connectivity index (χ1n) is 20.5. The van der Waals surface area contributed by atoms with Gasteiger partial charge in [0, 0.05) is 16.7 Å². The minimum absolute atomic E-state index is 0.561. The maximum absolute atomic E-state index is 10.1. The number of aromatic nitrogens is 3. The van der Waals surface area contributed by atoms with Gasteiger partial charge in [-0.2, -0.15) is 5.26 Å². The zero-order valence-electron chi connectivity index (χ0n) is 33.1. The Morgan fingerprint density at radius 2 is 0.885 bits per heavy atom. The van der Waals surface area contributed by atoms with Crippen LogP contribution in [0, 0.1) is 11.3 Å². The molecule has 1 aromatic heterocycles. The number of nitriles is 1. The third-order valence-electron chi connectivity index (χ3n) is 12.0. The fourth-order valence-corrected chi connectivity index (χ4v) is 9.21. The van der Waals surface area contributed by atoms with E-state index in [1.165, 1.54) is 27.6 Å². The summed E-state index contributed by atoms with van der Waals surface area (Å²) in [5.74, 6) is 1.88. The Kier molecular flexibility index (Phi) is 8.73. The van der Waals surface area contributed by atoms with Crippen molar-refractivity contribution in [1.82, 2.24) is 15.0 Å². The van der Waals surface area contributed by atoms with E-state index in [0.717, 1.165) is 55.5 Å². The Bertz CT molecular complexity index is 3260. The lowest BCUT2D eigenvalue weighted by molar-refractivity contribution is 0.768. The summed E-state index contributed by atoms with van der Waals surface area (Å²) >= 11 is 0. The molecule has 4 nitrogen and oxygen atoms in total. The topological polar surface area (TPSA) is 62.5 Å². The summed E-state index contributed by atoms with van der Waals surface area (Å²) < 4.78 is 0. The van der Waals surface area contributed by atoms with Gasteiger partial charge in [0.15, 0.2) is 17.5 Å². The summed E-state index contributed by atoms with van der Waals surface area (Å²) in [5.41, 5.74) is 14.3. The third kappa shape index (κ3) is 6.11. The Balaban J connectivity index is 1.01. The molecule has 4 heteroatoms. The molecular formula is C57H36N4. The molecule has 0 unspecified atom stereocenters. The maximum atomic E-state index is 10.1. The van der Waals surface area contributed by atoms with Gasteiger partial charge in [0.05, 0.1) is 17.0 Å². The summed E-state index contributed by atoms with van der Waals surface area (Å²) in [6.07, 6.45) is 0. The molecule has 0 N–H and O–H groups in total. The highest BCUT2D eigenvalue weighted by atomic mass is 15.0. The largest absolute Gasteiger partial charge is 0.208 e. The molecule has 0 amide bonds. The zero-order valence-corrected chi connectivity index (χ0v) is 33.1. The molecule has 0 saturated carbocycles. The number of benzene rings is 9. The first-order chi connectivity index (χ1) is 30.2. The minimum Gasteiger partial charge on any atom is -0.208 e. The van der Waals surface area contributed by atoms with Crippen molar-refractivity contribution in [3.8, 4) is 73.6 Å². The van der Waals surface area contributed by atoms with Gasteiger partial charge in [-0.1, -0.05) is 194 Å². The van der Waals surface area contributed by atoms with Crippen LogP contribution >= 0.6 is 0 Å². The van der Waals surface area contributed by atoms with Crippen molar-refractivity contribution >= 4 is 10.8 Å². The number of rotatable bonds is 7. The van der Waals surface area contributed by atoms with E-state index < -0.39 is 5.41 Å². The molecule has 1 aliphatic rings. The van der Waals surface area contributed by atoms with Gasteiger partial charge in [-0.3, -0.25) is 0 Å². The quantitative estimate of drug-likeness (QED) is 0.162. The van der Waals surface area contributed by atoms with E-state index in [1.54, 1.807) is 0 Å². The van der Waals surface area contributed by atoms with E-state index in [2.05, 4.69) is 188 Å². The molecule has 0 atom stereocenters. The van der Waals surface area contributed by atoms with Crippen LogP contribution in [0.5, 0.6) is 0 Å². The van der Waals surface area contributed by atoms with Crippen molar-refractivity contribution < 1.29 is 0 Å². The molecule has 1 heterocycles. The van der Waals surface area contributed by atoms with E-state index in [0.29, 0.717) is 23.0 Å². The van der Waals surface area contributed by atoms with Crippen molar-refractivity contribution in [3.63, 3.8) is 0 Å². The minimum atomic E-state index is -0.561. The lowest BCUT2D eigenvalue weighted by atomic mass is 9.67. The van der Waals surface area contributed by atoms with Gasteiger partial charge in [0.2, 0.25) is 0 Å². The fraction of sp³-hybridized carbons (Fsp3) is 0.0175. The normalized spacial score (nSPS) is 12.4. The van der Waals surface area contributed by atoms with Crippen LogP contribution < -0.4 is 0 Å². The van der Waals surface area contributed by atoms with E-state index in [-0.39, 0.29) is 0 Å². The molecule has 9 aromatic carbocycles. The summed E-state index contributed by atoms with van der Waals surface area (Å²) in [5, 5.41) is 12.4. The second-order valence-corrected chi connectivity index (χ2v) is 15.5. The van der Waals surface area contributed by atoms with Crippen molar-refractivity contribution in [2.75, 3.05) is 0 Å². The third-order valence-corrected chi connectivity index (χ3v) is 12.0. The molecule has 11 rings (SSSR count). The lowest BCUT2D eigenvalue weighted by Crippen LogP contribution is -2.28. The van der Waals surface area contributed by atoms with Crippen molar-refractivity contribution in [2.24, 2.45) is 0 Å². The molecule has 284 valence electrons. The summed E-state index contributed by atoms with van der Waals surface area (Å²) in [7, 11) is 0. The number of nitrogens with zero attached hydrogens (tertiary/aromatic N) is 4. The highest BCUT2D eigenvalue weighted by molar-refractivity contribution is 5.96. The average Bonchev–Trinajstić information content (AvgIpc) is 3.65. The first-order valence-corrected chi connectivity index (χ1v) is 20.5. The van der Waals surface area contributed by atoms with Gasteiger partial charge < -0.3 is 0 Å². The molecule has 0 fully saturated rings. The summed E-state index contributed by atoms with van der Waals surface area (Å²) in [6.45, 7) is 0. The molecule has 0 aliphatic heterocycles. The van der Waals surface area contributed by atoms with Gasteiger partial charge in [-0.15, -0.1) is 0 Å². The maximum Gasteiger partial charge on any atom is 0.164 e. The Labute approximate surface area is 354 Å². The van der Waals surface area contributed by atoms with Gasteiger partial charge in [-0.05, 0) is 90.7 Å². The monoisotopic (exact) mass is 776 g/mol. The van der Waals surface area contributed by atoms with Crippen molar-refractivity contribution in [2.45, 2.75) is 5.41 Å². The summed E-state index contributed by atoms with van der Waals surface area (Å²) in [4.78, 5) is 15.0. The highest BCUT2D eigenvalue weighted by Gasteiger charge is 2.47. The van der Waals surface area contributed by atoms with Crippen molar-refractivity contribution in [1.29, 1.82) is 5.26 Å². The van der Waals surface area contributed by atoms with Crippen molar-refractivity contribution in [3.05, 3.63) is 246 Å². The highest BCUT2D eigenvalue weighted by Crippen LogP contribution is 2.58. The number of hydrogen-bond acceptors (Lipinski definition) is 4. The zero-order chi connectivity index (χ0) is 40.8. The lowest BCUT2D eigenvalue weighted by Gasteiger charge is -2.34. The van der Waals surface area contributed by atoms with Gasteiger partial charge >= 0.3 is 0 Å². The van der Waals surface area contributed by atoms with Crippen LogP contribution in [0.25, 0.3) is 78.3 Å². The predicted molar refractivity (Wildman–Crippen MR) is 247 cm³/mol. The fourth-order valence-electron chi connectivity index (χ4n) is 9.21. The van der Waals surface area contributed by atoms with Crippen LogP contribution in [0.1, 0.15) is 27.8 Å².